The summed E-state index contributed by atoms with van der Waals surface area (Å²) in [6.07, 6.45) is 12.1. The Morgan fingerprint density at radius 2 is 1.97 bits per heavy atom. The molecule has 1 saturated heterocycles. The topological polar surface area (TPSA) is 38.2 Å². The summed E-state index contributed by atoms with van der Waals surface area (Å²) in [6.45, 7) is 9.39. The summed E-state index contributed by atoms with van der Waals surface area (Å²) in [5.74, 6) is 2.44. The minimum Gasteiger partial charge on any atom is -0.355 e. The van der Waals surface area contributed by atoms with Crippen LogP contribution in [0.4, 0.5) is 0 Å². The Balaban J connectivity index is 1.23. The second-order valence-corrected chi connectivity index (χ2v) is 10.8. The maximum atomic E-state index is 5.24. The van der Waals surface area contributed by atoms with E-state index >= 15 is 0 Å². The monoisotopic (exact) mass is 482 g/mol. The van der Waals surface area contributed by atoms with Crippen molar-refractivity contribution in [2.75, 3.05) is 46.3 Å². The van der Waals surface area contributed by atoms with Crippen molar-refractivity contribution in [3.63, 3.8) is 0 Å². The van der Waals surface area contributed by atoms with Gasteiger partial charge in [0.25, 0.3) is 0 Å². The number of piperazine rings is 1. The van der Waals surface area contributed by atoms with Gasteiger partial charge in [-0.3, -0.25) is 14.9 Å². The summed E-state index contributed by atoms with van der Waals surface area (Å²) in [5.41, 5.74) is 5.39. The molecule has 36 heavy (non-hydrogen) atoms. The molecular weight excluding hydrogens is 444 g/mol. The second kappa shape index (κ2) is 10.2. The zero-order valence-electron chi connectivity index (χ0n) is 21.7. The van der Waals surface area contributed by atoms with Gasteiger partial charge < -0.3 is 14.7 Å². The molecule has 3 aliphatic heterocycles. The Hall–Kier alpha value is -2.96. The maximum absolute atomic E-state index is 5.24. The standard InChI is InChI=1S/C30H38N6/c1-23-7-3-8-24(19-23)20-35(27-11-4-9-25-10-6-14-31-30(25)27)21-26-22-36-28(32-26)12-5-13-29(36)34-17-15-33(2)16-18-34/h3,5-8,10,12-14,19,26-27H,4,9,11,15-18,20-22H2,1-2H3/t26?,27-/m0/s1. The Kier molecular flexibility index (Phi) is 6.63. The first-order valence-electron chi connectivity index (χ1n) is 13.5. The molecule has 0 N–H and O–H groups in total. The van der Waals surface area contributed by atoms with Crippen molar-refractivity contribution in [1.82, 2.24) is 24.6 Å². The molecule has 6 heteroatoms. The Labute approximate surface area is 215 Å². The van der Waals surface area contributed by atoms with Crippen LogP contribution in [0.1, 0.15) is 41.3 Å². The van der Waals surface area contributed by atoms with E-state index in [4.69, 9.17) is 9.98 Å². The van der Waals surface area contributed by atoms with Gasteiger partial charge in [-0.15, -0.1) is 0 Å². The summed E-state index contributed by atoms with van der Waals surface area (Å²) < 4.78 is 0. The summed E-state index contributed by atoms with van der Waals surface area (Å²) in [5, 5.41) is 0. The molecule has 4 aliphatic rings. The summed E-state index contributed by atoms with van der Waals surface area (Å²) in [7, 11) is 2.21. The average molecular weight is 483 g/mol. The van der Waals surface area contributed by atoms with E-state index in [1.165, 1.54) is 34.6 Å². The number of benzene rings is 1. The van der Waals surface area contributed by atoms with Crippen LogP contribution < -0.4 is 0 Å². The van der Waals surface area contributed by atoms with E-state index in [1.807, 2.05) is 6.20 Å². The predicted molar refractivity (Wildman–Crippen MR) is 146 cm³/mol. The highest BCUT2D eigenvalue weighted by molar-refractivity contribution is 5.96. The number of aliphatic imine (C=N–C) groups is 1. The fraction of sp³-hybridized carbons (Fsp3) is 0.467. The van der Waals surface area contributed by atoms with Crippen molar-refractivity contribution in [1.29, 1.82) is 0 Å². The van der Waals surface area contributed by atoms with Crippen molar-refractivity contribution in [3.8, 4) is 0 Å². The molecule has 1 aromatic carbocycles. The fourth-order valence-electron chi connectivity index (χ4n) is 6.22. The van der Waals surface area contributed by atoms with Crippen LogP contribution in [0, 0.1) is 6.92 Å². The highest BCUT2D eigenvalue weighted by atomic mass is 15.4. The second-order valence-electron chi connectivity index (χ2n) is 10.8. The van der Waals surface area contributed by atoms with E-state index in [1.54, 1.807) is 0 Å². The highest BCUT2D eigenvalue weighted by Crippen LogP contribution is 2.35. The van der Waals surface area contributed by atoms with Gasteiger partial charge in [-0.1, -0.05) is 42.0 Å². The van der Waals surface area contributed by atoms with Gasteiger partial charge in [0.2, 0.25) is 0 Å². The molecule has 2 atom stereocenters. The summed E-state index contributed by atoms with van der Waals surface area (Å²) in [6, 6.07) is 13.9. The van der Waals surface area contributed by atoms with Gasteiger partial charge in [-0.2, -0.15) is 0 Å². The van der Waals surface area contributed by atoms with E-state index in [2.05, 4.69) is 88.2 Å². The van der Waals surface area contributed by atoms with Crippen molar-refractivity contribution in [2.45, 2.75) is 44.8 Å². The lowest BCUT2D eigenvalue weighted by atomic mass is 9.90. The quantitative estimate of drug-likeness (QED) is 0.622. The van der Waals surface area contributed by atoms with Crippen LogP contribution in [0.3, 0.4) is 0 Å². The van der Waals surface area contributed by atoms with Crippen molar-refractivity contribution in [2.24, 2.45) is 4.99 Å². The van der Waals surface area contributed by atoms with Gasteiger partial charge >= 0.3 is 0 Å². The van der Waals surface area contributed by atoms with Crippen molar-refractivity contribution < 1.29 is 0 Å². The van der Waals surface area contributed by atoms with Crippen molar-refractivity contribution >= 4 is 5.84 Å². The van der Waals surface area contributed by atoms with Gasteiger partial charge in [-0.05, 0) is 62.6 Å². The van der Waals surface area contributed by atoms with E-state index < -0.39 is 0 Å². The highest BCUT2D eigenvalue weighted by Gasteiger charge is 2.34. The Morgan fingerprint density at radius 1 is 1.08 bits per heavy atom. The van der Waals surface area contributed by atoms with E-state index in [9.17, 15) is 0 Å². The number of fused-ring (bicyclic) bond motifs is 2. The van der Waals surface area contributed by atoms with Crippen LogP contribution in [0.15, 0.2) is 71.6 Å². The first-order valence-corrected chi connectivity index (χ1v) is 13.5. The summed E-state index contributed by atoms with van der Waals surface area (Å²) >= 11 is 0. The molecule has 188 valence electrons. The lowest BCUT2D eigenvalue weighted by Gasteiger charge is -2.40. The summed E-state index contributed by atoms with van der Waals surface area (Å²) in [4.78, 5) is 20.2. The number of amidine groups is 1. The minimum atomic E-state index is 0.248. The molecule has 1 fully saturated rings. The number of likely N-dealkylation sites (N-methyl/N-ethyl adjacent to an activating group) is 1. The average Bonchev–Trinajstić information content (AvgIpc) is 3.31. The van der Waals surface area contributed by atoms with Crippen LogP contribution in [0.5, 0.6) is 0 Å². The smallest absolute Gasteiger partial charge is 0.129 e. The van der Waals surface area contributed by atoms with Gasteiger partial charge in [0.1, 0.15) is 11.7 Å². The number of pyridine rings is 1. The lowest BCUT2D eigenvalue weighted by Crippen LogP contribution is -2.48. The van der Waals surface area contributed by atoms with Gasteiger partial charge in [-0.25, -0.2) is 0 Å². The van der Waals surface area contributed by atoms with E-state index in [-0.39, 0.29) is 6.04 Å². The molecule has 4 heterocycles. The largest absolute Gasteiger partial charge is 0.355 e. The molecule has 0 saturated carbocycles. The van der Waals surface area contributed by atoms with Gasteiger partial charge in [0.05, 0.1) is 17.8 Å². The molecule has 2 aromatic rings. The molecule has 6 rings (SSSR count). The van der Waals surface area contributed by atoms with E-state index in [0.717, 1.165) is 64.5 Å². The van der Waals surface area contributed by atoms with Crippen molar-refractivity contribution in [3.05, 3.63) is 89.0 Å². The normalized spacial score (nSPS) is 24.0. The molecule has 6 nitrogen and oxygen atoms in total. The van der Waals surface area contributed by atoms with Crippen LogP contribution in [0.25, 0.3) is 0 Å². The van der Waals surface area contributed by atoms with Crippen LogP contribution in [0.2, 0.25) is 0 Å². The number of aryl methyl sites for hydroxylation is 2. The zero-order chi connectivity index (χ0) is 24.5. The van der Waals surface area contributed by atoms with Crippen LogP contribution in [-0.2, 0) is 13.0 Å². The van der Waals surface area contributed by atoms with Crippen LogP contribution >= 0.6 is 0 Å². The number of allylic oxidation sites excluding steroid dienone is 2. The fourth-order valence-corrected chi connectivity index (χ4v) is 6.22. The molecular formula is C30H38N6. The molecule has 0 spiro atoms. The molecule has 0 radical (unpaired) electrons. The van der Waals surface area contributed by atoms with Crippen LogP contribution in [-0.4, -0.2) is 82.8 Å². The van der Waals surface area contributed by atoms with Gasteiger partial charge in [0.15, 0.2) is 0 Å². The molecule has 1 unspecified atom stereocenters. The zero-order valence-corrected chi connectivity index (χ0v) is 21.7. The molecule has 0 bridgehead atoms. The number of aromatic nitrogens is 1. The Bertz CT molecular complexity index is 1180. The number of hydrogen-bond acceptors (Lipinski definition) is 6. The number of rotatable bonds is 6. The molecule has 1 aromatic heterocycles. The third-order valence-electron chi connectivity index (χ3n) is 8.10. The van der Waals surface area contributed by atoms with E-state index in [0.29, 0.717) is 6.04 Å². The van der Waals surface area contributed by atoms with Gasteiger partial charge in [0, 0.05) is 52.0 Å². The molecule has 1 aliphatic carbocycles. The lowest BCUT2D eigenvalue weighted by molar-refractivity contribution is 0.145. The first-order chi connectivity index (χ1) is 17.6. The molecule has 0 amide bonds. The first kappa shape index (κ1) is 23.4. The Morgan fingerprint density at radius 3 is 2.83 bits per heavy atom. The third kappa shape index (κ3) is 4.84. The maximum Gasteiger partial charge on any atom is 0.129 e. The SMILES string of the molecule is Cc1cccc(CN(CC2CN3C(N4CCN(C)CC4)=CC=CC3=N2)[C@H]2CCCc3cccnc32)c1. The predicted octanol–water partition coefficient (Wildman–Crippen LogP) is 4.01. The third-order valence-corrected chi connectivity index (χ3v) is 8.10. The number of nitrogens with zero attached hydrogens (tertiary/aromatic N) is 6. The number of hydrogen-bond donors (Lipinski definition) is 0. The minimum absolute atomic E-state index is 0.248.